The Hall–Kier alpha value is -2.93. The molecule has 0 aliphatic carbocycles. The number of hydrogen-bond donors (Lipinski definition) is 3. The van der Waals surface area contributed by atoms with Gasteiger partial charge in [-0.25, -0.2) is 9.78 Å². The molecule has 1 fully saturated rings. The molecule has 2 atom stereocenters. The second-order valence-corrected chi connectivity index (χ2v) is 8.85. The molecule has 3 N–H and O–H groups in total. The molecule has 2 aromatic rings. The number of amides is 1. The first-order valence-corrected chi connectivity index (χ1v) is 11.6. The van der Waals surface area contributed by atoms with Crippen LogP contribution in [0.4, 0.5) is 5.82 Å². The number of aryl methyl sites for hydroxylation is 2. The molecule has 7 heteroatoms. The highest BCUT2D eigenvalue weighted by molar-refractivity contribution is 5.96. The van der Waals surface area contributed by atoms with Crippen LogP contribution in [-0.2, 0) is 17.6 Å². The van der Waals surface area contributed by atoms with Gasteiger partial charge in [-0.15, -0.1) is 0 Å². The van der Waals surface area contributed by atoms with Crippen molar-refractivity contribution in [3.63, 3.8) is 0 Å². The van der Waals surface area contributed by atoms with Gasteiger partial charge < -0.3 is 20.6 Å². The maximum Gasteiger partial charge on any atom is 0.326 e. The quantitative estimate of drug-likeness (QED) is 0.560. The number of nitrogens with zero attached hydrogens (tertiary/aromatic N) is 2. The molecule has 2 aliphatic rings. The molecule has 0 spiro atoms. The number of carbonyl (C=O) groups is 2. The molecular weight excluding hydrogens is 404 g/mol. The van der Waals surface area contributed by atoms with E-state index >= 15 is 0 Å². The molecule has 1 unspecified atom stereocenters. The van der Waals surface area contributed by atoms with Crippen molar-refractivity contribution in [3.05, 3.63) is 59.3 Å². The summed E-state index contributed by atoms with van der Waals surface area (Å²) in [5, 5.41) is 15.6. The Morgan fingerprint density at radius 3 is 2.88 bits per heavy atom. The lowest BCUT2D eigenvalue weighted by atomic mass is 10.00. The van der Waals surface area contributed by atoms with Gasteiger partial charge in [-0.3, -0.25) is 4.79 Å². The highest BCUT2D eigenvalue weighted by Crippen LogP contribution is 2.24. The summed E-state index contributed by atoms with van der Waals surface area (Å²) in [6, 6.07) is 12.2. The third kappa shape index (κ3) is 5.85. The molecule has 7 nitrogen and oxygen atoms in total. The Morgan fingerprint density at radius 2 is 2.06 bits per heavy atom. The summed E-state index contributed by atoms with van der Waals surface area (Å²) in [5.41, 5.74) is 2.94. The van der Waals surface area contributed by atoms with E-state index in [1.165, 1.54) is 12.0 Å². The minimum absolute atomic E-state index is 0.343. The summed E-state index contributed by atoms with van der Waals surface area (Å²) in [7, 11) is 0. The van der Waals surface area contributed by atoms with Crippen LogP contribution in [0, 0.1) is 5.92 Å². The maximum atomic E-state index is 12.3. The average molecular weight is 437 g/mol. The van der Waals surface area contributed by atoms with Crippen molar-refractivity contribution in [2.75, 3.05) is 31.5 Å². The number of aliphatic carboxylic acids is 1. The molecule has 32 heavy (non-hydrogen) atoms. The number of carbonyl (C=O) groups excluding carboxylic acids is 1. The smallest absolute Gasteiger partial charge is 0.326 e. The van der Waals surface area contributed by atoms with Gasteiger partial charge in [-0.2, -0.15) is 0 Å². The summed E-state index contributed by atoms with van der Waals surface area (Å²) in [6.07, 6.45) is 5.87. The number of carboxylic acids is 1. The van der Waals surface area contributed by atoms with Crippen molar-refractivity contribution < 1.29 is 14.7 Å². The van der Waals surface area contributed by atoms with Gasteiger partial charge in [0.1, 0.15) is 11.9 Å². The van der Waals surface area contributed by atoms with Gasteiger partial charge in [0.2, 0.25) is 0 Å². The third-order valence-electron chi connectivity index (χ3n) is 6.50. The molecule has 1 aromatic heterocycles. The zero-order valence-corrected chi connectivity index (χ0v) is 18.4. The number of pyridine rings is 1. The normalized spacial score (nSPS) is 19.1. The van der Waals surface area contributed by atoms with Crippen LogP contribution in [0.15, 0.2) is 42.5 Å². The first-order valence-electron chi connectivity index (χ1n) is 11.6. The standard InChI is InChI=1S/C25H32N4O3/c30-24(20-5-2-1-3-6-20)28-22(25(31)32)13-16-29-15-12-18(17-29)8-10-21-11-9-19-7-4-14-26-23(19)27-21/h1-3,5-6,9,11,18,22H,4,7-8,10,12-17H2,(H,26,27)(H,28,30)(H,31,32)/t18-,22?/m1/s1. The van der Waals surface area contributed by atoms with E-state index in [1.54, 1.807) is 24.3 Å². The second kappa shape index (κ2) is 10.6. The summed E-state index contributed by atoms with van der Waals surface area (Å²) >= 11 is 0. The fraction of sp³-hybridized carbons (Fsp3) is 0.480. The largest absolute Gasteiger partial charge is 0.480 e. The predicted molar refractivity (Wildman–Crippen MR) is 124 cm³/mol. The number of benzene rings is 1. The Kier molecular flexibility index (Phi) is 7.37. The highest BCUT2D eigenvalue weighted by Gasteiger charge is 2.26. The number of rotatable bonds is 9. The number of anilines is 1. The Labute approximate surface area is 189 Å². The van der Waals surface area contributed by atoms with Crippen LogP contribution in [0.5, 0.6) is 0 Å². The molecule has 1 aromatic carbocycles. The number of aromatic nitrogens is 1. The Balaban J connectivity index is 1.22. The second-order valence-electron chi connectivity index (χ2n) is 8.85. The summed E-state index contributed by atoms with van der Waals surface area (Å²) in [5.74, 6) is 0.323. The Morgan fingerprint density at radius 1 is 1.22 bits per heavy atom. The minimum Gasteiger partial charge on any atom is -0.480 e. The van der Waals surface area contributed by atoms with Crippen LogP contribution in [0.25, 0.3) is 0 Å². The molecule has 0 saturated carbocycles. The van der Waals surface area contributed by atoms with E-state index < -0.39 is 12.0 Å². The molecule has 2 aliphatic heterocycles. The maximum absolute atomic E-state index is 12.3. The van der Waals surface area contributed by atoms with Gasteiger partial charge in [0, 0.05) is 30.9 Å². The lowest BCUT2D eigenvalue weighted by molar-refractivity contribution is -0.139. The number of likely N-dealkylation sites (tertiary alicyclic amines) is 1. The van der Waals surface area contributed by atoms with Crippen LogP contribution in [0.3, 0.4) is 0 Å². The number of carboxylic acid groups (broad SMARTS) is 1. The van der Waals surface area contributed by atoms with E-state index in [-0.39, 0.29) is 5.91 Å². The van der Waals surface area contributed by atoms with Crippen molar-refractivity contribution in [1.29, 1.82) is 0 Å². The number of nitrogens with one attached hydrogen (secondary N) is 2. The average Bonchev–Trinajstić information content (AvgIpc) is 3.28. The molecule has 1 saturated heterocycles. The van der Waals surface area contributed by atoms with Crippen molar-refractivity contribution in [3.8, 4) is 0 Å². The monoisotopic (exact) mass is 436 g/mol. The van der Waals surface area contributed by atoms with Gasteiger partial charge in [0.15, 0.2) is 0 Å². The third-order valence-corrected chi connectivity index (χ3v) is 6.50. The molecule has 3 heterocycles. The van der Waals surface area contributed by atoms with E-state index in [0.29, 0.717) is 24.4 Å². The van der Waals surface area contributed by atoms with E-state index in [4.69, 9.17) is 4.98 Å². The van der Waals surface area contributed by atoms with Gasteiger partial charge in [0.05, 0.1) is 0 Å². The van der Waals surface area contributed by atoms with Gasteiger partial charge in [-0.1, -0.05) is 24.3 Å². The molecular formula is C25H32N4O3. The fourth-order valence-electron chi connectivity index (χ4n) is 4.61. The van der Waals surface area contributed by atoms with E-state index in [2.05, 4.69) is 27.7 Å². The fourth-order valence-corrected chi connectivity index (χ4v) is 4.61. The first-order chi connectivity index (χ1) is 15.6. The predicted octanol–water partition coefficient (Wildman–Crippen LogP) is 2.97. The van der Waals surface area contributed by atoms with Gasteiger partial charge >= 0.3 is 5.97 Å². The zero-order valence-electron chi connectivity index (χ0n) is 18.4. The van der Waals surface area contributed by atoms with Crippen LogP contribution in [-0.4, -0.2) is 59.1 Å². The van der Waals surface area contributed by atoms with E-state index in [1.807, 2.05) is 6.07 Å². The van der Waals surface area contributed by atoms with Crippen molar-refractivity contribution in [2.45, 2.75) is 44.6 Å². The molecule has 0 bridgehead atoms. The highest BCUT2D eigenvalue weighted by atomic mass is 16.4. The number of hydrogen-bond acceptors (Lipinski definition) is 5. The topological polar surface area (TPSA) is 94.6 Å². The van der Waals surface area contributed by atoms with Gasteiger partial charge in [0.25, 0.3) is 5.91 Å². The summed E-state index contributed by atoms with van der Waals surface area (Å²) in [6.45, 7) is 3.62. The van der Waals surface area contributed by atoms with Crippen molar-refractivity contribution in [1.82, 2.24) is 15.2 Å². The van der Waals surface area contributed by atoms with Crippen LogP contribution < -0.4 is 10.6 Å². The lowest BCUT2D eigenvalue weighted by Gasteiger charge is -2.20. The lowest BCUT2D eigenvalue weighted by Crippen LogP contribution is -2.43. The number of fused-ring (bicyclic) bond motifs is 1. The van der Waals surface area contributed by atoms with Crippen molar-refractivity contribution in [2.24, 2.45) is 5.92 Å². The summed E-state index contributed by atoms with van der Waals surface area (Å²) in [4.78, 5) is 31.1. The van der Waals surface area contributed by atoms with Crippen LogP contribution in [0.2, 0.25) is 0 Å². The van der Waals surface area contributed by atoms with Crippen molar-refractivity contribution >= 4 is 17.7 Å². The molecule has 1 amide bonds. The van der Waals surface area contributed by atoms with E-state index in [9.17, 15) is 14.7 Å². The van der Waals surface area contributed by atoms with Gasteiger partial charge in [-0.05, 0) is 74.8 Å². The SMILES string of the molecule is O=C(NC(CCN1CC[C@@H](CCc2ccc3c(n2)NCCC3)C1)C(=O)O)c1ccccc1. The van der Waals surface area contributed by atoms with E-state index in [0.717, 1.165) is 56.8 Å². The first kappa shape index (κ1) is 22.3. The van der Waals surface area contributed by atoms with Crippen LogP contribution >= 0.6 is 0 Å². The Bertz CT molecular complexity index is 934. The zero-order chi connectivity index (χ0) is 22.3. The molecule has 4 rings (SSSR count). The van der Waals surface area contributed by atoms with Crippen LogP contribution in [0.1, 0.15) is 47.3 Å². The molecule has 0 radical (unpaired) electrons. The minimum atomic E-state index is -0.989. The summed E-state index contributed by atoms with van der Waals surface area (Å²) < 4.78 is 0. The molecule has 170 valence electrons.